The van der Waals surface area contributed by atoms with Gasteiger partial charge in [-0.15, -0.1) is 11.3 Å². The third-order valence-electron chi connectivity index (χ3n) is 4.28. The molecule has 26 heavy (non-hydrogen) atoms. The molecular weight excluding hydrogens is 356 g/mol. The summed E-state index contributed by atoms with van der Waals surface area (Å²) in [5, 5.41) is 5.43. The fourth-order valence-corrected chi connectivity index (χ4v) is 4.01. The Balaban J connectivity index is 1.68. The van der Waals surface area contributed by atoms with Crippen LogP contribution in [-0.4, -0.2) is 15.5 Å². The molecule has 1 unspecified atom stereocenters. The number of carbonyl (C=O) groups is 1. The standard InChI is InChI=1S/C19H15F2N3OS/c1-11(17-23-14-7-3-4-8-15(14)24(17)19(20)21)22-18(25)13-10-26-16-9-5-2-6-12(13)16/h2-11,19H,1H3,(H,22,25). The highest BCUT2D eigenvalue weighted by Crippen LogP contribution is 2.28. The number of imidazole rings is 1. The highest BCUT2D eigenvalue weighted by atomic mass is 32.1. The van der Waals surface area contributed by atoms with Crippen molar-refractivity contribution in [3.05, 3.63) is 65.3 Å². The Bertz CT molecular complexity index is 1100. The van der Waals surface area contributed by atoms with Crippen molar-refractivity contribution in [3.63, 3.8) is 0 Å². The van der Waals surface area contributed by atoms with Gasteiger partial charge in [-0.2, -0.15) is 8.78 Å². The van der Waals surface area contributed by atoms with Gasteiger partial charge in [0.25, 0.3) is 5.91 Å². The Hall–Kier alpha value is -2.80. The largest absolute Gasteiger partial charge is 0.342 e. The van der Waals surface area contributed by atoms with E-state index in [9.17, 15) is 13.6 Å². The summed E-state index contributed by atoms with van der Waals surface area (Å²) >= 11 is 1.48. The Kier molecular flexibility index (Phi) is 4.16. The molecule has 0 fully saturated rings. The second-order valence-electron chi connectivity index (χ2n) is 5.95. The molecule has 0 bridgehead atoms. The molecule has 1 N–H and O–H groups in total. The molecule has 0 aliphatic rings. The first-order chi connectivity index (χ1) is 12.6. The minimum atomic E-state index is -2.74. The van der Waals surface area contributed by atoms with Crippen molar-refractivity contribution >= 4 is 38.4 Å². The molecule has 2 aromatic heterocycles. The van der Waals surface area contributed by atoms with E-state index in [4.69, 9.17) is 0 Å². The number of rotatable bonds is 4. The monoisotopic (exact) mass is 371 g/mol. The van der Waals surface area contributed by atoms with Gasteiger partial charge in [-0.25, -0.2) is 4.98 Å². The second kappa shape index (κ2) is 6.49. The van der Waals surface area contributed by atoms with Gasteiger partial charge in [0.05, 0.1) is 22.6 Å². The lowest BCUT2D eigenvalue weighted by Gasteiger charge is -2.15. The molecule has 4 nitrogen and oxygen atoms in total. The molecule has 0 saturated carbocycles. The Morgan fingerprint density at radius 2 is 1.88 bits per heavy atom. The molecule has 0 aliphatic carbocycles. The van der Waals surface area contributed by atoms with Gasteiger partial charge in [-0.1, -0.05) is 30.3 Å². The van der Waals surface area contributed by atoms with E-state index in [2.05, 4.69) is 10.3 Å². The van der Waals surface area contributed by atoms with Crippen LogP contribution in [0, 0.1) is 0 Å². The van der Waals surface area contributed by atoms with Crippen molar-refractivity contribution < 1.29 is 13.6 Å². The number of benzene rings is 2. The molecule has 0 spiro atoms. The smallest absolute Gasteiger partial charge is 0.320 e. The topological polar surface area (TPSA) is 46.9 Å². The number of hydrogen-bond acceptors (Lipinski definition) is 3. The van der Waals surface area contributed by atoms with Crippen molar-refractivity contribution in [3.8, 4) is 0 Å². The molecule has 0 radical (unpaired) electrons. The van der Waals surface area contributed by atoms with Gasteiger partial charge in [0.1, 0.15) is 5.82 Å². The number of carbonyl (C=O) groups excluding carboxylic acids is 1. The molecule has 132 valence electrons. The lowest BCUT2D eigenvalue weighted by molar-refractivity contribution is 0.0688. The number of fused-ring (bicyclic) bond motifs is 2. The van der Waals surface area contributed by atoms with E-state index in [1.54, 1.807) is 36.6 Å². The van der Waals surface area contributed by atoms with Crippen LogP contribution in [0.25, 0.3) is 21.1 Å². The average Bonchev–Trinajstić information content (AvgIpc) is 3.23. The summed E-state index contributed by atoms with van der Waals surface area (Å²) in [5.41, 5.74) is 1.36. The molecular formula is C19H15F2N3OS. The van der Waals surface area contributed by atoms with Crippen LogP contribution in [0.1, 0.15) is 35.7 Å². The van der Waals surface area contributed by atoms with E-state index in [0.29, 0.717) is 16.6 Å². The molecule has 1 amide bonds. The molecule has 0 aliphatic heterocycles. The highest BCUT2D eigenvalue weighted by Gasteiger charge is 2.24. The maximum Gasteiger partial charge on any atom is 0.320 e. The molecule has 1 atom stereocenters. The molecule has 2 aromatic carbocycles. The van der Waals surface area contributed by atoms with Crippen LogP contribution in [-0.2, 0) is 0 Å². The Morgan fingerprint density at radius 3 is 2.69 bits per heavy atom. The zero-order valence-corrected chi connectivity index (χ0v) is 14.6. The number of nitrogens with zero attached hydrogens (tertiary/aromatic N) is 2. The van der Waals surface area contributed by atoms with E-state index in [1.807, 2.05) is 24.3 Å². The first-order valence-electron chi connectivity index (χ1n) is 8.08. The van der Waals surface area contributed by atoms with Crippen LogP contribution < -0.4 is 5.32 Å². The number of halogens is 2. The number of amides is 1. The van der Waals surface area contributed by atoms with Gasteiger partial charge in [0, 0.05) is 15.5 Å². The molecule has 7 heteroatoms. The van der Waals surface area contributed by atoms with Crippen LogP contribution >= 0.6 is 11.3 Å². The van der Waals surface area contributed by atoms with Gasteiger partial charge >= 0.3 is 6.55 Å². The fraction of sp³-hybridized carbons (Fsp3) is 0.158. The lowest BCUT2D eigenvalue weighted by Crippen LogP contribution is -2.28. The number of nitrogens with one attached hydrogen (secondary N) is 1. The molecule has 4 rings (SSSR count). The predicted octanol–water partition coefficient (Wildman–Crippen LogP) is 5.14. The third kappa shape index (κ3) is 2.74. The minimum absolute atomic E-state index is 0.133. The summed E-state index contributed by atoms with van der Waals surface area (Å²) in [6, 6.07) is 13.6. The second-order valence-corrected chi connectivity index (χ2v) is 6.86. The maximum atomic E-state index is 13.6. The van der Waals surface area contributed by atoms with Crippen molar-refractivity contribution in [2.45, 2.75) is 19.5 Å². The van der Waals surface area contributed by atoms with Gasteiger partial charge in [0.15, 0.2) is 0 Å². The van der Waals surface area contributed by atoms with E-state index in [1.165, 1.54) is 11.3 Å². The minimum Gasteiger partial charge on any atom is -0.342 e. The van der Waals surface area contributed by atoms with Crippen LogP contribution in [0.3, 0.4) is 0 Å². The molecule has 4 aromatic rings. The maximum absolute atomic E-state index is 13.6. The number of hydrogen-bond donors (Lipinski definition) is 1. The average molecular weight is 371 g/mol. The van der Waals surface area contributed by atoms with Crippen LogP contribution in [0.2, 0.25) is 0 Å². The van der Waals surface area contributed by atoms with Crippen LogP contribution in [0.4, 0.5) is 8.78 Å². The van der Waals surface area contributed by atoms with Crippen LogP contribution in [0.15, 0.2) is 53.9 Å². The first kappa shape index (κ1) is 16.7. The zero-order chi connectivity index (χ0) is 18.3. The van der Waals surface area contributed by atoms with E-state index in [-0.39, 0.29) is 11.7 Å². The molecule has 0 saturated heterocycles. The van der Waals surface area contributed by atoms with Gasteiger partial charge in [0.2, 0.25) is 0 Å². The SMILES string of the molecule is CC(NC(=O)c1csc2ccccc12)c1nc2ccccc2n1C(F)F. The number of para-hydroxylation sites is 2. The van der Waals surface area contributed by atoms with Crippen LogP contribution in [0.5, 0.6) is 0 Å². The van der Waals surface area contributed by atoms with Crippen molar-refractivity contribution in [2.75, 3.05) is 0 Å². The van der Waals surface area contributed by atoms with Crippen molar-refractivity contribution in [1.29, 1.82) is 0 Å². The molecule has 2 heterocycles. The van der Waals surface area contributed by atoms with Crippen molar-refractivity contribution in [1.82, 2.24) is 14.9 Å². The Morgan fingerprint density at radius 1 is 1.15 bits per heavy atom. The summed E-state index contributed by atoms with van der Waals surface area (Å²) in [6.07, 6.45) is 0. The summed E-state index contributed by atoms with van der Waals surface area (Å²) < 4.78 is 29.0. The van der Waals surface area contributed by atoms with E-state index < -0.39 is 12.6 Å². The normalized spacial score (nSPS) is 12.8. The Labute approximate surface area is 152 Å². The zero-order valence-electron chi connectivity index (χ0n) is 13.8. The van der Waals surface area contributed by atoms with Crippen molar-refractivity contribution in [2.24, 2.45) is 0 Å². The van der Waals surface area contributed by atoms with Gasteiger partial charge in [-0.3, -0.25) is 9.36 Å². The van der Waals surface area contributed by atoms with E-state index >= 15 is 0 Å². The summed E-state index contributed by atoms with van der Waals surface area (Å²) in [6.45, 7) is -1.08. The predicted molar refractivity (Wildman–Crippen MR) is 98.7 cm³/mol. The first-order valence-corrected chi connectivity index (χ1v) is 8.96. The summed E-state index contributed by atoms with van der Waals surface area (Å²) in [5.74, 6) is -0.170. The fourth-order valence-electron chi connectivity index (χ4n) is 3.07. The number of aromatic nitrogens is 2. The third-order valence-corrected chi connectivity index (χ3v) is 5.24. The highest BCUT2D eigenvalue weighted by molar-refractivity contribution is 7.17. The van der Waals surface area contributed by atoms with E-state index in [0.717, 1.165) is 14.7 Å². The summed E-state index contributed by atoms with van der Waals surface area (Å²) in [4.78, 5) is 17.0. The lowest BCUT2D eigenvalue weighted by atomic mass is 10.1. The summed E-state index contributed by atoms with van der Waals surface area (Å²) in [7, 11) is 0. The quantitative estimate of drug-likeness (QED) is 0.540. The number of alkyl halides is 2. The van der Waals surface area contributed by atoms with Gasteiger partial charge in [-0.05, 0) is 25.1 Å². The number of thiophene rings is 1. The van der Waals surface area contributed by atoms with Gasteiger partial charge < -0.3 is 5.32 Å².